The molecule has 50 valence electrons. The zero-order chi connectivity index (χ0) is 7.07. The standard InChI is InChI=1S/C7H11NO/c1-7(8(2)3)4-6(7)5-9/h4H2,1-3H3. The van der Waals surface area contributed by atoms with Gasteiger partial charge in [-0.2, -0.15) is 0 Å². The van der Waals surface area contributed by atoms with Crippen molar-refractivity contribution in [2.45, 2.75) is 18.9 Å². The second kappa shape index (κ2) is 1.69. The van der Waals surface area contributed by atoms with Gasteiger partial charge in [-0.15, -0.1) is 0 Å². The van der Waals surface area contributed by atoms with E-state index >= 15 is 0 Å². The fourth-order valence-electron chi connectivity index (χ4n) is 0.874. The van der Waals surface area contributed by atoms with Crippen molar-refractivity contribution in [3.63, 3.8) is 0 Å². The fraction of sp³-hybridized carbons (Fsp3) is 0.714. The zero-order valence-electron chi connectivity index (χ0n) is 6.06. The normalized spacial score (nSPS) is 32.7. The monoisotopic (exact) mass is 125 g/mol. The molecule has 2 nitrogen and oxygen atoms in total. The van der Waals surface area contributed by atoms with Crippen molar-refractivity contribution in [3.8, 4) is 0 Å². The Morgan fingerprint density at radius 2 is 2.22 bits per heavy atom. The van der Waals surface area contributed by atoms with Gasteiger partial charge in [0.1, 0.15) is 5.94 Å². The predicted octanol–water partition coefficient (Wildman–Crippen LogP) is 0.468. The molecule has 0 aromatic rings. The van der Waals surface area contributed by atoms with Crippen LogP contribution in [0.1, 0.15) is 13.3 Å². The number of hydrogen-bond acceptors (Lipinski definition) is 2. The zero-order valence-corrected chi connectivity index (χ0v) is 6.06. The van der Waals surface area contributed by atoms with Gasteiger partial charge >= 0.3 is 0 Å². The second-order valence-electron chi connectivity index (χ2n) is 2.93. The highest BCUT2D eigenvalue weighted by Crippen LogP contribution is 2.43. The molecule has 1 fully saturated rings. The fourth-order valence-corrected chi connectivity index (χ4v) is 0.874. The highest BCUT2D eigenvalue weighted by atomic mass is 16.1. The minimum absolute atomic E-state index is 0.0434. The molecule has 1 atom stereocenters. The molecule has 0 saturated heterocycles. The molecule has 0 bridgehead atoms. The summed E-state index contributed by atoms with van der Waals surface area (Å²) in [7, 11) is 3.95. The SMILES string of the molecule is CN(C)C1(C)CC1=C=O. The summed E-state index contributed by atoms with van der Waals surface area (Å²) in [5, 5.41) is 0. The minimum Gasteiger partial charge on any atom is -0.299 e. The Morgan fingerprint density at radius 1 is 1.67 bits per heavy atom. The lowest BCUT2D eigenvalue weighted by atomic mass is 10.3. The van der Waals surface area contributed by atoms with Crippen LogP contribution in [-0.2, 0) is 4.79 Å². The van der Waals surface area contributed by atoms with Crippen LogP contribution >= 0.6 is 0 Å². The van der Waals surface area contributed by atoms with Crippen molar-refractivity contribution in [1.82, 2.24) is 4.90 Å². The third kappa shape index (κ3) is 0.805. The highest BCUT2D eigenvalue weighted by Gasteiger charge is 2.47. The van der Waals surface area contributed by atoms with Crippen LogP contribution in [0.15, 0.2) is 5.57 Å². The van der Waals surface area contributed by atoms with Crippen LogP contribution in [0.4, 0.5) is 0 Å². The molecule has 1 saturated carbocycles. The van der Waals surface area contributed by atoms with Gasteiger partial charge in [0.25, 0.3) is 0 Å². The number of rotatable bonds is 1. The molecule has 0 aliphatic heterocycles. The average molecular weight is 125 g/mol. The van der Waals surface area contributed by atoms with Crippen molar-refractivity contribution < 1.29 is 4.79 Å². The van der Waals surface area contributed by atoms with E-state index in [4.69, 9.17) is 0 Å². The van der Waals surface area contributed by atoms with Crippen LogP contribution in [0.2, 0.25) is 0 Å². The predicted molar refractivity (Wildman–Crippen MR) is 35.9 cm³/mol. The molecule has 0 N–H and O–H groups in total. The largest absolute Gasteiger partial charge is 0.299 e. The first-order valence-corrected chi connectivity index (χ1v) is 3.03. The summed E-state index contributed by atoms with van der Waals surface area (Å²) < 4.78 is 0. The van der Waals surface area contributed by atoms with E-state index in [-0.39, 0.29) is 5.54 Å². The van der Waals surface area contributed by atoms with Gasteiger partial charge in [0, 0.05) is 12.0 Å². The number of carbonyl (C=O) groups excluding carboxylic acids is 1. The molecule has 1 rings (SSSR count). The molecule has 0 radical (unpaired) electrons. The first-order valence-electron chi connectivity index (χ1n) is 3.03. The van der Waals surface area contributed by atoms with Crippen molar-refractivity contribution in [1.29, 1.82) is 0 Å². The molecule has 2 heteroatoms. The van der Waals surface area contributed by atoms with Gasteiger partial charge in [0.15, 0.2) is 0 Å². The van der Waals surface area contributed by atoms with Gasteiger partial charge in [0.2, 0.25) is 0 Å². The topological polar surface area (TPSA) is 20.3 Å². The Bertz CT molecular complexity index is 179. The third-order valence-corrected chi connectivity index (χ3v) is 2.16. The lowest BCUT2D eigenvalue weighted by Crippen LogP contribution is -2.26. The van der Waals surface area contributed by atoms with Crippen LogP contribution < -0.4 is 0 Å². The summed E-state index contributed by atoms with van der Waals surface area (Å²) in [5.41, 5.74) is 0.939. The van der Waals surface area contributed by atoms with E-state index < -0.39 is 0 Å². The van der Waals surface area contributed by atoms with E-state index in [1.54, 1.807) is 0 Å². The summed E-state index contributed by atoms with van der Waals surface area (Å²) in [5.74, 6) is 1.94. The Morgan fingerprint density at radius 3 is 2.33 bits per heavy atom. The van der Waals surface area contributed by atoms with Crippen LogP contribution in [-0.4, -0.2) is 30.5 Å². The Hall–Kier alpha value is -0.590. The molecule has 0 aromatic heterocycles. The summed E-state index contributed by atoms with van der Waals surface area (Å²) in [6, 6.07) is 0. The Balaban J connectivity index is 2.74. The van der Waals surface area contributed by atoms with Gasteiger partial charge in [-0.05, 0) is 21.0 Å². The van der Waals surface area contributed by atoms with E-state index in [1.165, 1.54) is 0 Å². The van der Waals surface area contributed by atoms with Crippen molar-refractivity contribution in [3.05, 3.63) is 5.57 Å². The summed E-state index contributed by atoms with van der Waals surface area (Å²) in [6.07, 6.45) is 0.892. The second-order valence-corrected chi connectivity index (χ2v) is 2.93. The lowest BCUT2D eigenvalue weighted by Gasteiger charge is -2.16. The van der Waals surface area contributed by atoms with E-state index in [1.807, 2.05) is 31.9 Å². The smallest absolute Gasteiger partial charge is 0.125 e. The molecule has 1 aliphatic carbocycles. The van der Waals surface area contributed by atoms with Gasteiger partial charge in [0.05, 0.1) is 5.54 Å². The van der Waals surface area contributed by atoms with Crippen LogP contribution in [0, 0.1) is 0 Å². The van der Waals surface area contributed by atoms with Crippen LogP contribution in [0.5, 0.6) is 0 Å². The molecule has 1 unspecified atom stereocenters. The molecule has 0 heterocycles. The van der Waals surface area contributed by atoms with Gasteiger partial charge in [-0.25, -0.2) is 4.79 Å². The van der Waals surface area contributed by atoms with Crippen LogP contribution in [0.25, 0.3) is 0 Å². The summed E-state index contributed by atoms with van der Waals surface area (Å²) in [6.45, 7) is 2.05. The molecule has 1 aliphatic rings. The maximum absolute atomic E-state index is 10.1. The van der Waals surface area contributed by atoms with Gasteiger partial charge < -0.3 is 0 Å². The lowest BCUT2D eigenvalue weighted by molar-refractivity contribution is 0.308. The molecule has 0 aromatic carbocycles. The Kier molecular flexibility index (Phi) is 1.23. The van der Waals surface area contributed by atoms with Crippen LogP contribution in [0.3, 0.4) is 0 Å². The van der Waals surface area contributed by atoms with Crippen molar-refractivity contribution in [2.75, 3.05) is 14.1 Å². The maximum atomic E-state index is 10.1. The summed E-state index contributed by atoms with van der Waals surface area (Å²) in [4.78, 5) is 12.1. The molecule has 0 spiro atoms. The first kappa shape index (κ1) is 6.53. The molecular formula is C7H11NO. The quantitative estimate of drug-likeness (QED) is 0.475. The summed E-state index contributed by atoms with van der Waals surface area (Å²) >= 11 is 0. The Labute approximate surface area is 55.2 Å². The van der Waals surface area contributed by atoms with Gasteiger partial charge in [-0.1, -0.05) is 0 Å². The molecule has 0 amide bonds. The number of hydrogen-bond donors (Lipinski definition) is 0. The number of likely N-dealkylation sites (N-methyl/N-ethyl adjacent to an activating group) is 1. The molecule has 9 heavy (non-hydrogen) atoms. The first-order chi connectivity index (χ1) is 4.11. The third-order valence-electron chi connectivity index (χ3n) is 2.16. The molecular weight excluding hydrogens is 114 g/mol. The number of nitrogens with zero attached hydrogens (tertiary/aromatic N) is 1. The maximum Gasteiger partial charge on any atom is 0.125 e. The average Bonchev–Trinajstić information content (AvgIpc) is 2.44. The van der Waals surface area contributed by atoms with E-state index in [0.717, 1.165) is 12.0 Å². The minimum atomic E-state index is 0.0434. The van der Waals surface area contributed by atoms with Crippen molar-refractivity contribution in [2.24, 2.45) is 0 Å². The van der Waals surface area contributed by atoms with E-state index in [9.17, 15) is 4.79 Å². The van der Waals surface area contributed by atoms with E-state index in [0.29, 0.717) is 0 Å². The van der Waals surface area contributed by atoms with E-state index in [2.05, 4.69) is 0 Å². The van der Waals surface area contributed by atoms with Crippen molar-refractivity contribution >= 4 is 5.94 Å². The highest BCUT2D eigenvalue weighted by molar-refractivity contribution is 5.65. The van der Waals surface area contributed by atoms with Gasteiger partial charge in [-0.3, -0.25) is 4.90 Å².